The molecule has 0 radical (unpaired) electrons. The Morgan fingerprint density at radius 1 is 1.33 bits per heavy atom. The van der Waals surface area contributed by atoms with Gasteiger partial charge in [-0.1, -0.05) is 18.2 Å². The molecule has 0 unspecified atom stereocenters. The van der Waals surface area contributed by atoms with E-state index in [2.05, 4.69) is 27.7 Å². The van der Waals surface area contributed by atoms with Crippen molar-refractivity contribution in [3.05, 3.63) is 40.9 Å². The van der Waals surface area contributed by atoms with Gasteiger partial charge < -0.3 is 15.0 Å². The highest BCUT2D eigenvalue weighted by atomic mass is 32.1. The molecule has 1 N–H and O–H groups in total. The smallest absolute Gasteiger partial charge is 0.185 e. The summed E-state index contributed by atoms with van der Waals surface area (Å²) < 4.78 is 5.82. The number of benzene rings is 1. The van der Waals surface area contributed by atoms with Gasteiger partial charge in [-0.2, -0.15) is 0 Å². The molecule has 4 nitrogen and oxygen atoms in total. The van der Waals surface area contributed by atoms with E-state index in [1.165, 1.54) is 18.4 Å². The zero-order valence-electron chi connectivity index (χ0n) is 11.9. The molecule has 4 rings (SSSR count). The highest BCUT2D eigenvalue weighted by Crippen LogP contribution is 2.28. The molecule has 0 saturated heterocycles. The maximum absolute atomic E-state index is 5.82. The number of thiazole rings is 1. The molecule has 1 saturated carbocycles. The van der Waals surface area contributed by atoms with Crippen molar-refractivity contribution in [2.24, 2.45) is 0 Å². The summed E-state index contributed by atoms with van der Waals surface area (Å²) in [6.45, 7) is 3.37. The first-order valence-electron chi connectivity index (χ1n) is 7.52. The Balaban J connectivity index is 1.47. The molecular weight excluding hydrogens is 282 g/mol. The second-order valence-electron chi connectivity index (χ2n) is 5.65. The second kappa shape index (κ2) is 5.66. The number of para-hydroxylation sites is 1. The summed E-state index contributed by atoms with van der Waals surface area (Å²) in [5.41, 5.74) is 2.39. The van der Waals surface area contributed by atoms with Crippen molar-refractivity contribution < 1.29 is 4.74 Å². The molecule has 5 heteroatoms. The van der Waals surface area contributed by atoms with E-state index in [0.29, 0.717) is 6.61 Å². The predicted octanol–water partition coefficient (Wildman–Crippen LogP) is 2.79. The van der Waals surface area contributed by atoms with Gasteiger partial charge in [0.15, 0.2) is 5.13 Å². The largest absolute Gasteiger partial charge is 0.491 e. The molecule has 1 aliphatic heterocycles. The fourth-order valence-electron chi connectivity index (χ4n) is 2.55. The first-order valence-corrected chi connectivity index (χ1v) is 8.40. The van der Waals surface area contributed by atoms with Crippen molar-refractivity contribution in [1.82, 2.24) is 10.3 Å². The lowest BCUT2D eigenvalue weighted by molar-refractivity contribution is 0.331. The fourth-order valence-corrected chi connectivity index (χ4v) is 3.40. The van der Waals surface area contributed by atoms with E-state index >= 15 is 0 Å². The van der Waals surface area contributed by atoms with Crippen LogP contribution in [0.1, 0.15) is 24.1 Å². The van der Waals surface area contributed by atoms with E-state index in [1.54, 1.807) is 11.3 Å². The second-order valence-corrected chi connectivity index (χ2v) is 6.49. The van der Waals surface area contributed by atoms with Crippen LogP contribution in [-0.4, -0.2) is 24.2 Å². The topological polar surface area (TPSA) is 37.4 Å². The van der Waals surface area contributed by atoms with E-state index in [9.17, 15) is 0 Å². The lowest BCUT2D eigenvalue weighted by atomic mass is 10.2. The molecule has 2 aliphatic rings. The van der Waals surface area contributed by atoms with Crippen LogP contribution >= 0.6 is 11.3 Å². The van der Waals surface area contributed by atoms with Crippen LogP contribution < -0.4 is 15.0 Å². The van der Waals surface area contributed by atoms with Gasteiger partial charge in [0.1, 0.15) is 12.4 Å². The molecule has 1 aromatic carbocycles. The Morgan fingerprint density at radius 2 is 2.24 bits per heavy atom. The van der Waals surface area contributed by atoms with Crippen LogP contribution in [0.4, 0.5) is 5.13 Å². The van der Waals surface area contributed by atoms with Crippen LogP contribution in [-0.2, 0) is 13.1 Å². The Hall–Kier alpha value is -1.59. The minimum atomic E-state index is 0.715. The van der Waals surface area contributed by atoms with E-state index in [-0.39, 0.29) is 0 Å². The number of aromatic nitrogens is 1. The van der Waals surface area contributed by atoms with Crippen LogP contribution in [0.15, 0.2) is 29.6 Å². The normalized spacial score (nSPS) is 18.0. The van der Waals surface area contributed by atoms with Crippen LogP contribution in [0.3, 0.4) is 0 Å². The maximum Gasteiger partial charge on any atom is 0.185 e. The summed E-state index contributed by atoms with van der Waals surface area (Å²) in [4.78, 5) is 7.09. The SMILES string of the molecule is c1ccc2c(c1)CN(c1nc(CNC3CC3)cs1)CCO2. The number of hydrogen-bond donors (Lipinski definition) is 1. The molecule has 0 atom stereocenters. The third-order valence-electron chi connectivity index (χ3n) is 3.91. The van der Waals surface area contributed by atoms with Gasteiger partial charge in [0.25, 0.3) is 0 Å². The summed E-state index contributed by atoms with van der Waals surface area (Å²) in [7, 11) is 0. The summed E-state index contributed by atoms with van der Waals surface area (Å²) in [5, 5.41) is 6.79. The van der Waals surface area contributed by atoms with Crippen LogP contribution in [0, 0.1) is 0 Å². The highest BCUT2D eigenvalue weighted by molar-refractivity contribution is 7.13. The monoisotopic (exact) mass is 301 g/mol. The standard InChI is InChI=1S/C16H19N3OS/c1-2-4-15-12(3-1)10-19(7-8-20-15)16-18-14(11-21-16)9-17-13-5-6-13/h1-4,11,13,17H,5-10H2. The molecular formula is C16H19N3OS. The van der Waals surface area contributed by atoms with Gasteiger partial charge in [0.05, 0.1) is 12.2 Å². The van der Waals surface area contributed by atoms with Gasteiger partial charge in [0.2, 0.25) is 0 Å². The highest BCUT2D eigenvalue weighted by Gasteiger charge is 2.21. The Labute approximate surface area is 128 Å². The van der Waals surface area contributed by atoms with E-state index in [4.69, 9.17) is 9.72 Å². The zero-order chi connectivity index (χ0) is 14.1. The minimum Gasteiger partial charge on any atom is -0.491 e. The lowest BCUT2D eigenvalue weighted by Gasteiger charge is -2.18. The quantitative estimate of drug-likeness (QED) is 0.942. The van der Waals surface area contributed by atoms with Gasteiger partial charge in [0, 0.05) is 30.1 Å². The summed E-state index contributed by atoms with van der Waals surface area (Å²) in [6.07, 6.45) is 2.63. The van der Waals surface area contributed by atoms with E-state index in [0.717, 1.165) is 42.3 Å². The van der Waals surface area contributed by atoms with Crippen molar-refractivity contribution in [2.45, 2.75) is 32.0 Å². The van der Waals surface area contributed by atoms with Crippen LogP contribution in [0.25, 0.3) is 0 Å². The van der Waals surface area contributed by atoms with Gasteiger partial charge in [-0.05, 0) is 18.9 Å². The molecule has 1 aromatic heterocycles. The predicted molar refractivity (Wildman–Crippen MR) is 85.0 cm³/mol. The average Bonchev–Trinajstić information content (AvgIpc) is 3.26. The number of ether oxygens (including phenoxy) is 1. The van der Waals surface area contributed by atoms with Gasteiger partial charge in [-0.3, -0.25) is 0 Å². The molecule has 21 heavy (non-hydrogen) atoms. The number of anilines is 1. The van der Waals surface area contributed by atoms with Crippen molar-refractivity contribution in [3.8, 4) is 5.75 Å². The zero-order valence-corrected chi connectivity index (χ0v) is 12.7. The minimum absolute atomic E-state index is 0.715. The number of hydrogen-bond acceptors (Lipinski definition) is 5. The van der Waals surface area contributed by atoms with Crippen molar-refractivity contribution >= 4 is 16.5 Å². The molecule has 0 bridgehead atoms. The Kier molecular flexibility index (Phi) is 3.53. The summed E-state index contributed by atoms with van der Waals surface area (Å²) in [6, 6.07) is 9.01. The molecule has 2 heterocycles. The Morgan fingerprint density at radius 3 is 3.14 bits per heavy atom. The third-order valence-corrected chi connectivity index (χ3v) is 4.86. The molecule has 1 aliphatic carbocycles. The van der Waals surface area contributed by atoms with Crippen molar-refractivity contribution in [3.63, 3.8) is 0 Å². The number of rotatable bonds is 4. The van der Waals surface area contributed by atoms with E-state index < -0.39 is 0 Å². The molecule has 0 amide bonds. The summed E-state index contributed by atoms with van der Waals surface area (Å²) in [5.74, 6) is 1.01. The van der Waals surface area contributed by atoms with Crippen molar-refractivity contribution in [2.75, 3.05) is 18.1 Å². The third kappa shape index (κ3) is 3.04. The number of fused-ring (bicyclic) bond motifs is 1. The first kappa shape index (κ1) is 13.1. The van der Waals surface area contributed by atoms with Gasteiger partial charge in [-0.15, -0.1) is 11.3 Å². The lowest BCUT2D eigenvalue weighted by Crippen LogP contribution is -2.25. The van der Waals surface area contributed by atoms with E-state index in [1.807, 2.05) is 12.1 Å². The molecule has 2 aromatic rings. The average molecular weight is 301 g/mol. The first-order chi connectivity index (χ1) is 10.4. The fraction of sp³-hybridized carbons (Fsp3) is 0.438. The van der Waals surface area contributed by atoms with Crippen molar-refractivity contribution in [1.29, 1.82) is 0 Å². The van der Waals surface area contributed by atoms with Gasteiger partial charge in [-0.25, -0.2) is 4.98 Å². The summed E-state index contributed by atoms with van der Waals surface area (Å²) >= 11 is 1.73. The number of nitrogens with one attached hydrogen (secondary N) is 1. The van der Waals surface area contributed by atoms with Crippen LogP contribution in [0.5, 0.6) is 5.75 Å². The Bertz CT molecular complexity index is 623. The maximum atomic E-state index is 5.82. The molecule has 110 valence electrons. The van der Waals surface area contributed by atoms with Gasteiger partial charge >= 0.3 is 0 Å². The van der Waals surface area contributed by atoms with Crippen LogP contribution in [0.2, 0.25) is 0 Å². The molecule has 1 fully saturated rings. The number of nitrogens with zero attached hydrogens (tertiary/aromatic N) is 2. The molecule has 0 spiro atoms.